The van der Waals surface area contributed by atoms with Crippen LogP contribution in [0, 0.1) is 0 Å². The summed E-state index contributed by atoms with van der Waals surface area (Å²) in [7, 11) is 0. The molecule has 1 unspecified atom stereocenters. The average Bonchev–Trinajstić information content (AvgIpc) is 3.31. The summed E-state index contributed by atoms with van der Waals surface area (Å²) < 4.78 is 16.8. The molecule has 66 heavy (non-hydrogen) atoms. The van der Waals surface area contributed by atoms with Crippen molar-refractivity contribution >= 4 is 17.9 Å². The van der Waals surface area contributed by atoms with Gasteiger partial charge in [-0.25, -0.2) is 0 Å². The van der Waals surface area contributed by atoms with Crippen molar-refractivity contribution in [3.05, 3.63) is 36.5 Å². The molecule has 0 spiro atoms. The lowest BCUT2D eigenvalue weighted by molar-refractivity contribution is -0.167. The van der Waals surface area contributed by atoms with Crippen molar-refractivity contribution in [2.45, 2.75) is 316 Å². The first-order valence-electron chi connectivity index (χ1n) is 29.0. The SMILES string of the molecule is CCCCCCC/C=C\C/C=C\C/C=C\CCCCCCCCC(=O)OCC(COC(=O)CCCCCCCCC)OC(=O)CCCCCCCCCCCCCCCCCCCCCC. The lowest BCUT2D eigenvalue weighted by atomic mass is 10.0. The van der Waals surface area contributed by atoms with Crippen LogP contribution in [0.5, 0.6) is 0 Å². The lowest BCUT2D eigenvalue weighted by Gasteiger charge is -2.18. The third-order valence-electron chi connectivity index (χ3n) is 12.9. The summed E-state index contributed by atoms with van der Waals surface area (Å²) in [5.74, 6) is -0.876. The molecule has 0 amide bonds. The molecule has 0 N–H and O–H groups in total. The molecule has 6 heteroatoms. The van der Waals surface area contributed by atoms with Crippen LogP contribution in [0.4, 0.5) is 0 Å². The number of esters is 3. The van der Waals surface area contributed by atoms with E-state index in [4.69, 9.17) is 14.2 Å². The van der Waals surface area contributed by atoms with Gasteiger partial charge in [0.25, 0.3) is 0 Å². The summed E-state index contributed by atoms with van der Waals surface area (Å²) in [6.07, 6.45) is 65.9. The Morgan fingerprint density at radius 2 is 0.545 bits per heavy atom. The van der Waals surface area contributed by atoms with E-state index < -0.39 is 6.10 Å². The molecular formula is C60H110O6. The molecular weight excluding hydrogens is 817 g/mol. The van der Waals surface area contributed by atoms with Gasteiger partial charge in [-0.2, -0.15) is 0 Å². The molecule has 0 aromatic rings. The Balaban J connectivity index is 4.19. The lowest BCUT2D eigenvalue weighted by Crippen LogP contribution is -2.30. The third kappa shape index (κ3) is 52.6. The molecule has 1 atom stereocenters. The minimum Gasteiger partial charge on any atom is -0.462 e. The van der Waals surface area contributed by atoms with Crippen LogP contribution >= 0.6 is 0 Å². The first kappa shape index (κ1) is 63.6. The van der Waals surface area contributed by atoms with Gasteiger partial charge in [0.2, 0.25) is 0 Å². The molecule has 386 valence electrons. The first-order valence-corrected chi connectivity index (χ1v) is 29.0. The largest absolute Gasteiger partial charge is 0.462 e. The smallest absolute Gasteiger partial charge is 0.306 e. The van der Waals surface area contributed by atoms with Crippen LogP contribution in [-0.2, 0) is 28.6 Å². The zero-order valence-electron chi connectivity index (χ0n) is 44.2. The van der Waals surface area contributed by atoms with Gasteiger partial charge in [-0.15, -0.1) is 0 Å². The van der Waals surface area contributed by atoms with E-state index in [1.54, 1.807) is 0 Å². The van der Waals surface area contributed by atoms with E-state index >= 15 is 0 Å². The van der Waals surface area contributed by atoms with Crippen molar-refractivity contribution in [3.8, 4) is 0 Å². The van der Waals surface area contributed by atoms with Gasteiger partial charge in [0.1, 0.15) is 13.2 Å². The maximum atomic E-state index is 12.8. The quantitative estimate of drug-likeness (QED) is 0.0262. The minimum absolute atomic E-state index is 0.0730. The molecule has 0 radical (unpaired) electrons. The molecule has 0 aliphatic heterocycles. The fourth-order valence-electron chi connectivity index (χ4n) is 8.51. The Labute approximate surface area is 410 Å². The monoisotopic (exact) mass is 927 g/mol. The van der Waals surface area contributed by atoms with Crippen LogP contribution in [0.3, 0.4) is 0 Å². The van der Waals surface area contributed by atoms with E-state index in [1.165, 1.54) is 193 Å². The number of unbranched alkanes of at least 4 members (excludes halogenated alkanes) is 36. The fraction of sp³-hybridized carbons (Fsp3) is 0.850. The molecule has 0 saturated heterocycles. The van der Waals surface area contributed by atoms with E-state index in [9.17, 15) is 14.4 Å². The Bertz CT molecular complexity index is 1110. The maximum Gasteiger partial charge on any atom is 0.306 e. The second kappa shape index (κ2) is 55.2. The van der Waals surface area contributed by atoms with E-state index in [0.717, 1.165) is 77.0 Å². The predicted octanol–water partition coefficient (Wildman–Crippen LogP) is 19.3. The average molecular weight is 928 g/mol. The van der Waals surface area contributed by atoms with Gasteiger partial charge in [-0.1, -0.05) is 269 Å². The number of ether oxygens (including phenoxy) is 3. The number of hydrogen-bond donors (Lipinski definition) is 0. The van der Waals surface area contributed by atoms with Gasteiger partial charge >= 0.3 is 17.9 Å². The highest BCUT2D eigenvalue weighted by atomic mass is 16.6. The van der Waals surface area contributed by atoms with Crippen LogP contribution in [-0.4, -0.2) is 37.2 Å². The number of rotatable bonds is 53. The molecule has 0 bridgehead atoms. The van der Waals surface area contributed by atoms with Crippen molar-refractivity contribution in [2.24, 2.45) is 0 Å². The number of allylic oxidation sites excluding steroid dienone is 6. The number of carbonyl (C=O) groups is 3. The standard InChI is InChI=1S/C60H110O6/c1-4-7-10-13-16-18-20-22-24-26-28-30-32-33-35-37-39-41-44-47-50-53-59(62)65-56-57(55-64-58(61)52-49-46-43-15-12-9-6-3)66-60(63)54-51-48-45-42-40-38-36-34-31-29-27-25-23-21-19-17-14-11-8-5-2/h20,22,26,28,32-33,57H,4-19,21,23-25,27,29-31,34-56H2,1-3H3/b22-20-,28-26-,33-32-. The van der Waals surface area contributed by atoms with E-state index in [1.807, 2.05) is 0 Å². The van der Waals surface area contributed by atoms with Crippen LogP contribution in [0.1, 0.15) is 310 Å². The van der Waals surface area contributed by atoms with Crippen molar-refractivity contribution in [1.29, 1.82) is 0 Å². The van der Waals surface area contributed by atoms with Crippen molar-refractivity contribution in [2.75, 3.05) is 13.2 Å². The summed E-state index contributed by atoms with van der Waals surface area (Å²) in [6, 6.07) is 0. The molecule has 0 fully saturated rings. The number of hydrogen-bond acceptors (Lipinski definition) is 6. The zero-order chi connectivity index (χ0) is 47.9. The van der Waals surface area contributed by atoms with Gasteiger partial charge in [0, 0.05) is 19.3 Å². The molecule has 0 aromatic heterocycles. The highest BCUT2D eigenvalue weighted by Crippen LogP contribution is 2.17. The summed E-state index contributed by atoms with van der Waals surface area (Å²) in [6.45, 7) is 6.62. The van der Waals surface area contributed by atoms with Gasteiger partial charge in [0.15, 0.2) is 6.10 Å². The van der Waals surface area contributed by atoms with Gasteiger partial charge < -0.3 is 14.2 Å². The Morgan fingerprint density at radius 3 is 0.848 bits per heavy atom. The maximum absolute atomic E-state index is 12.8. The highest BCUT2D eigenvalue weighted by Gasteiger charge is 2.19. The summed E-state index contributed by atoms with van der Waals surface area (Å²) in [4.78, 5) is 37.9. The van der Waals surface area contributed by atoms with Crippen LogP contribution in [0.15, 0.2) is 36.5 Å². The third-order valence-corrected chi connectivity index (χ3v) is 12.9. The fourth-order valence-corrected chi connectivity index (χ4v) is 8.51. The summed E-state index contributed by atoms with van der Waals surface area (Å²) in [5.41, 5.74) is 0. The Hall–Kier alpha value is -2.37. The minimum atomic E-state index is -0.772. The van der Waals surface area contributed by atoms with Gasteiger partial charge in [0.05, 0.1) is 0 Å². The van der Waals surface area contributed by atoms with Crippen molar-refractivity contribution < 1.29 is 28.6 Å². The van der Waals surface area contributed by atoms with Crippen molar-refractivity contribution in [3.63, 3.8) is 0 Å². The zero-order valence-corrected chi connectivity index (χ0v) is 44.2. The molecule has 6 nitrogen and oxygen atoms in total. The highest BCUT2D eigenvalue weighted by molar-refractivity contribution is 5.71. The molecule has 0 rings (SSSR count). The normalized spacial score (nSPS) is 12.2. The Kier molecular flexibility index (Phi) is 53.2. The Morgan fingerprint density at radius 1 is 0.303 bits per heavy atom. The molecule has 0 heterocycles. The topological polar surface area (TPSA) is 78.9 Å². The second-order valence-electron chi connectivity index (χ2n) is 19.6. The van der Waals surface area contributed by atoms with Gasteiger partial charge in [-0.3, -0.25) is 14.4 Å². The van der Waals surface area contributed by atoms with Crippen LogP contribution in [0.25, 0.3) is 0 Å². The molecule has 0 aliphatic carbocycles. The summed E-state index contributed by atoms with van der Waals surface area (Å²) in [5, 5.41) is 0. The predicted molar refractivity (Wildman–Crippen MR) is 284 cm³/mol. The van der Waals surface area contributed by atoms with E-state index in [0.29, 0.717) is 19.3 Å². The first-order chi connectivity index (χ1) is 32.5. The molecule has 0 aromatic carbocycles. The van der Waals surface area contributed by atoms with Crippen molar-refractivity contribution in [1.82, 2.24) is 0 Å². The number of carbonyl (C=O) groups excluding carboxylic acids is 3. The summed E-state index contributed by atoms with van der Waals surface area (Å²) >= 11 is 0. The second-order valence-corrected chi connectivity index (χ2v) is 19.6. The van der Waals surface area contributed by atoms with Crippen LogP contribution in [0.2, 0.25) is 0 Å². The van der Waals surface area contributed by atoms with E-state index in [2.05, 4.69) is 57.2 Å². The van der Waals surface area contributed by atoms with Gasteiger partial charge in [-0.05, 0) is 57.8 Å². The molecule has 0 aliphatic rings. The van der Waals surface area contributed by atoms with Crippen LogP contribution < -0.4 is 0 Å². The van der Waals surface area contributed by atoms with E-state index in [-0.39, 0.29) is 31.1 Å². The molecule has 0 saturated carbocycles.